The second-order valence-electron chi connectivity index (χ2n) is 5.37. The number of carbonyl (C=O) groups excluding carboxylic acids is 1. The van der Waals surface area contributed by atoms with Crippen LogP contribution >= 0.6 is 36.4 Å². The van der Waals surface area contributed by atoms with Crippen molar-refractivity contribution in [3.05, 3.63) is 41.0 Å². The van der Waals surface area contributed by atoms with Crippen LogP contribution in [0.15, 0.2) is 30.5 Å². The fourth-order valence-electron chi connectivity index (χ4n) is 2.88. The number of likely N-dealkylation sites (tertiary alicyclic amines) is 1. The fourth-order valence-corrected chi connectivity index (χ4v) is 3.09. The quantitative estimate of drug-likeness (QED) is 0.871. The summed E-state index contributed by atoms with van der Waals surface area (Å²) in [6.07, 6.45) is 3.83. The lowest BCUT2D eigenvalue weighted by Gasteiger charge is -2.32. The van der Waals surface area contributed by atoms with E-state index < -0.39 is 0 Å². The van der Waals surface area contributed by atoms with Crippen molar-refractivity contribution in [3.63, 3.8) is 0 Å². The summed E-state index contributed by atoms with van der Waals surface area (Å²) in [6.45, 7) is 1.54. The van der Waals surface area contributed by atoms with Crippen LogP contribution < -0.4 is 5.32 Å². The highest BCUT2D eigenvalue weighted by Gasteiger charge is 2.25. The Bertz CT molecular complexity index is 681. The summed E-state index contributed by atoms with van der Waals surface area (Å²) >= 11 is 6.19. The molecule has 0 radical (unpaired) electrons. The van der Waals surface area contributed by atoms with Crippen LogP contribution in [0.1, 0.15) is 23.2 Å². The molecule has 126 valence electrons. The molecule has 0 saturated carbocycles. The molecule has 7 heteroatoms. The third-order valence-corrected chi connectivity index (χ3v) is 4.39. The molecule has 1 fully saturated rings. The Morgan fingerprint density at radius 1 is 1.35 bits per heavy atom. The second kappa shape index (κ2) is 8.69. The lowest BCUT2D eigenvalue weighted by atomic mass is 10.0. The van der Waals surface area contributed by atoms with E-state index in [0.29, 0.717) is 22.1 Å². The molecule has 3 rings (SSSR count). The average Bonchev–Trinajstić information content (AvgIpc) is 2.55. The van der Waals surface area contributed by atoms with E-state index in [-0.39, 0.29) is 30.7 Å². The number of piperidine rings is 1. The molecule has 1 aromatic carbocycles. The molecule has 1 aliphatic rings. The highest BCUT2D eigenvalue weighted by atomic mass is 35.5. The molecule has 0 aliphatic carbocycles. The van der Waals surface area contributed by atoms with Crippen LogP contribution in [0.2, 0.25) is 5.02 Å². The van der Waals surface area contributed by atoms with E-state index in [1.807, 2.05) is 24.1 Å². The van der Waals surface area contributed by atoms with Gasteiger partial charge in [-0.15, -0.1) is 24.8 Å². The molecule has 0 bridgehead atoms. The monoisotopic (exact) mass is 375 g/mol. The minimum absolute atomic E-state index is 0. The van der Waals surface area contributed by atoms with Crippen LogP contribution in [0.5, 0.6) is 0 Å². The lowest BCUT2D eigenvalue weighted by Crippen LogP contribution is -2.47. The van der Waals surface area contributed by atoms with Gasteiger partial charge in [-0.05, 0) is 44.2 Å². The van der Waals surface area contributed by atoms with Crippen molar-refractivity contribution in [2.75, 3.05) is 20.1 Å². The number of aromatic nitrogens is 1. The number of rotatable bonds is 2. The van der Waals surface area contributed by atoms with E-state index >= 15 is 0 Å². The van der Waals surface area contributed by atoms with Crippen LogP contribution in [0.3, 0.4) is 0 Å². The molecule has 1 amide bonds. The molecule has 1 unspecified atom stereocenters. The number of nitrogens with zero attached hydrogens (tertiary/aromatic N) is 2. The lowest BCUT2D eigenvalue weighted by molar-refractivity contribution is 0.0700. The summed E-state index contributed by atoms with van der Waals surface area (Å²) in [4.78, 5) is 19.1. The summed E-state index contributed by atoms with van der Waals surface area (Å²) in [6, 6.07) is 7.66. The summed E-state index contributed by atoms with van der Waals surface area (Å²) in [5.41, 5.74) is 1.31. The standard InChI is InChI=1S/C16H18ClN3O.2ClH/c1-18-11-4-3-9-20(10-11)16(21)13-6-7-14(17)12-5-2-8-19-15(12)13;;/h2,5-8,11,18H,3-4,9-10H2,1H3;2*1H. The molecule has 1 aromatic heterocycles. The van der Waals surface area contributed by atoms with Crippen molar-refractivity contribution in [2.24, 2.45) is 0 Å². The Morgan fingerprint density at radius 2 is 2.13 bits per heavy atom. The van der Waals surface area contributed by atoms with Gasteiger partial charge >= 0.3 is 0 Å². The van der Waals surface area contributed by atoms with Crippen molar-refractivity contribution in [1.29, 1.82) is 0 Å². The zero-order chi connectivity index (χ0) is 14.8. The minimum Gasteiger partial charge on any atom is -0.337 e. The van der Waals surface area contributed by atoms with Crippen LogP contribution in [-0.4, -0.2) is 42.0 Å². The summed E-state index contributed by atoms with van der Waals surface area (Å²) in [5, 5.41) is 4.71. The zero-order valence-electron chi connectivity index (χ0n) is 12.8. The first-order valence-electron chi connectivity index (χ1n) is 7.20. The Balaban J connectivity index is 0.00000132. The van der Waals surface area contributed by atoms with Crippen molar-refractivity contribution in [2.45, 2.75) is 18.9 Å². The van der Waals surface area contributed by atoms with Gasteiger partial charge in [-0.2, -0.15) is 0 Å². The van der Waals surface area contributed by atoms with Crippen LogP contribution in [0.4, 0.5) is 0 Å². The van der Waals surface area contributed by atoms with Crippen LogP contribution in [-0.2, 0) is 0 Å². The Kier molecular flexibility index (Phi) is 7.55. The molecule has 1 atom stereocenters. The summed E-state index contributed by atoms with van der Waals surface area (Å²) in [5.74, 6) is 0.0373. The number of likely N-dealkylation sites (N-methyl/N-ethyl adjacent to an activating group) is 1. The molecule has 1 aliphatic heterocycles. The smallest absolute Gasteiger partial charge is 0.256 e. The van der Waals surface area contributed by atoms with Crippen LogP contribution in [0.25, 0.3) is 10.9 Å². The number of nitrogens with one attached hydrogen (secondary N) is 1. The molecule has 4 nitrogen and oxygen atoms in total. The Labute approximate surface area is 153 Å². The van der Waals surface area contributed by atoms with Gasteiger partial charge in [0.1, 0.15) is 0 Å². The SMILES string of the molecule is CNC1CCCN(C(=O)c2ccc(Cl)c3cccnc23)C1.Cl.Cl. The second-order valence-corrected chi connectivity index (χ2v) is 5.78. The first-order chi connectivity index (χ1) is 10.2. The average molecular weight is 377 g/mol. The fraction of sp³-hybridized carbons (Fsp3) is 0.375. The number of benzene rings is 1. The van der Waals surface area contributed by atoms with Gasteiger partial charge in [-0.25, -0.2) is 0 Å². The van der Waals surface area contributed by atoms with Gasteiger partial charge in [0.05, 0.1) is 16.1 Å². The van der Waals surface area contributed by atoms with Gasteiger partial charge < -0.3 is 10.2 Å². The molecule has 1 saturated heterocycles. The van der Waals surface area contributed by atoms with E-state index in [0.717, 1.165) is 31.3 Å². The Morgan fingerprint density at radius 3 is 2.87 bits per heavy atom. The topological polar surface area (TPSA) is 45.2 Å². The highest BCUT2D eigenvalue weighted by molar-refractivity contribution is 6.36. The molecular weight excluding hydrogens is 357 g/mol. The molecular formula is C16H20Cl3N3O. The first kappa shape index (κ1) is 20.0. The molecule has 0 spiro atoms. The normalized spacial score (nSPS) is 17.3. The number of halogens is 3. The van der Waals surface area contributed by atoms with Crippen molar-refractivity contribution in [1.82, 2.24) is 15.2 Å². The summed E-state index contributed by atoms with van der Waals surface area (Å²) < 4.78 is 0. The summed E-state index contributed by atoms with van der Waals surface area (Å²) in [7, 11) is 1.94. The van der Waals surface area contributed by atoms with E-state index in [1.54, 1.807) is 18.3 Å². The van der Waals surface area contributed by atoms with Gasteiger partial charge in [0.25, 0.3) is 5.91 Å². The van der Waals surface area contributed by atoms with Crippen molar-refractivity contribution in [3.8, 4) is 0 Å². The van der Waals surface area contributed by atoms with E-state index in [1.165, 1.54) is 0 Å². The maximum absolute atomic E-state index is 12.8. The van der Waals surface area contributed by atoms with Gasteiger partial charge in [-0.1, -0.05) is 11.6 Å². The predicted molar refractivity (Wildman–Crippen MR) is 99.2 cm³/mol. The zero-order valence-corrected chi connectivity index (χ0v) is 15.2. The number of carbonyl (C=O) groups is 1. The number of hydrogen-bond acceptors (Lipinski definition) is 3. The van der Waals surface area contributed by atoms with Crippen molar-refractivity contribution >= 4 is 53.2 Å². The molecule has 1 N–H and O–H groups in total. The number of hydrogen-bond donors (Lipinski definition) is 1. The third-order valence-electron chi connectivity index (χ3n) is 4.06. The van der Waals surface area contributed by atoms with Gasteiger partial charge in [0, 0.05) is 30.7 Å². The van der Waals surface area contributed by atoms with E-state index in [4.69, 9.17) is 11.6 Å². The predicted octanol–water partition coefficient (Wildman–Crippen LogP) is 3.56. The first-order valence-corrected chi connectivity index (χ1v) is 7.58. The Hall–Kier alpha value is -1.07. The van der Waals surface area contributed by atoms with Gasteiger partial charge in [-0.3, -0.25) is 9.78 Å². The van der Waals surface area contributed by atoms with E-state index in [2.05, 4.69) is 10.3 Å². The maximum atomic E-state index is 12.8. The molecule has 2 aromatic rings. The largest absolute Gasteiger partial charge is 0.337 e. The highest BCUT2D eigenvalue weighted by Crippen LogP contribution is 2.26. The van der Waals surface area contributed by atoms with E-state index in [9.17, 15) is 4.79 Å². The minimum atomic E-state index is 0. The number of amides is 1. The number of pyridine rings is 1. The number of fused-ring (bicyclic) bond motifs is 1. The van der Waals surface area contributed by atoms with Gasteiger partial charge in [0.2, 0.25) is 0 Å². The van der Waals surface area contributed by atoms with Crippen molar-refractivity contribution < 1.29 is 4.79 Å². The van der Waals surface area contributed by atoms with Gasteiger partial charge in [0.15, 0.2) is 0 Å². The molecule has 23 heavy (non-hydrogen) atoms. The molecule has 2 heterocycles. The maximum Gasteiger partial charge on any atom is 0.256 e. The third kappa shape index (κ3) is 4.07. The van der Waals surface area contributed by atoms with Crippen LogP contribution in [0, 0.1) is 0 Å².